The molecular weight excluding hydrogens is 137 g/mol. The van der Waals surface area contributed by atoms with Gasteiger partial charge in [-0.05, 0) is 6.42 Å². The molecule has 0 aromatic carbocycles. The quantitative estimate of drug-likeness (QED) is 0.470. The van der Waals surface area contributed by atoms with Crippen LogP contribution in [0, 0.1) is 0 Å². The Morgan fingerprint density at radius 1 is 1.80 bits per heavy atom. The largest absolute Gasteiger partial charge is 0.444 e. The molecule has 0 radical (unpaired) electrons. The zero-order valence-electron chi connectivity index (χ0n) is 5.97. The Morgan fingerprint density at radius 2 is 2.40 bits per heavy atom. The summed E-state index contributed by atoms with van der Waals surface area (Å²) in [5.41, 5.74) is 4.99. The summed E-state index contributed by atoms with van der Waals surface area (Å²) in [6.45, 7) is 1.01. The summed E-state index contributed by atoms with van der Waals surface area (Å²) >= 11 is 0. The summed E-state index contributed by atoms with van der Waals surface area (Å²) in [6.07, 6.45) is -0.0926. The molecule has 1 unspecified atom stereocenters. The van der Waals surface area contributed by atoms with Gasteiger partial charge in [-0.3, -0.25) is 10.5 Å². The lowest BCUT2D eigenvalue weighted by Gasteiger charge is -2.07. The fraction of sp³-hybridized carbons (Fsp3) is 0.833. The number of carbonyl (C=O) groups is 1. The van der Waals surface area contributed by atoms with E-state index in [1.54, 1.807) is 0 Å². The number of rotatable bonds is 4. The van der Waals surface area contributed by atoms with Crippen molar-refractivity contribution in [1.82, 2.24) is 0 Å². The standard InChI is InChI=1S/C6H12FNO2/c1-2-3-6(9)10-5(8)4-7/h5H,2-4,8H2,1H3. The summed E-state index contributed by atoms with van der Waals surface area (Å²) in [4.78, 5) is 10.5. The van der Waals surface area contributed by atoms with E-state index in [9.17, 15) is 9.18 Å². The summed E-state index contributed by atoms with van der Waals surface area (Å²) in [6, 6.07) is 0. The number of alkyl halides is 1. The molecule has 0 heterocycles. The molecule has 0 spiro atoms. The molecule has 0 fully saturated rings. The van der Waals surface area contributed by atoms with Crippen LogP contribution in [0.15, 0.2) is 0 Å². The minimum atomic E-state index is -1.08. The Morgan fingerprint density at radius 3 is 2.80 bits per heavy atom. The van der Waals surface area contributed by atoms with Crippen molar-refractivity contribution in [2.45, 2.75) is 26.0 Å². The number of esters is 1. The van der Waals surface area contributed by atoms with E-state index in [-0.39, 0.29) is 0 Å². The number of nitrogens with two attached hydrogens (primary N) is 1. The van der Waals surface area contributed by atoms with Crippen LogP contribution in [-0.4, -0.2) is 18.9 Å². The molecule has 0 aliphatic heterocycles. The highest BCUT2D eigenvalue weighted by Crippen LogP contribution is 1.93. The van der Waals surface area contributed by atoms with Crippen LogP contribution in [0.2, 0.25) is 0 Å². The predicted octanol–water partition coefficient (Wildman–Crippen LogP) is 0.584. The van der Waals surface area contributed by atoms with Crippen molar-refractivity contribution in [2.24, 2.45) is 5.73 Å². The van der Waals surface area contributed by atoms with Crippen molar-refractivity contribution in [3.8, 4) is 0 Å². The first-order valence-corrected chi connectivity index (χ1v) is 3.21. The zero-order chi connectivity index (χ0) is 7.98. The summed E-state index contributed by atoms with van der Waals surface area (Å²) in [5.74, 6) is -0.437. The summed E-state index contributed by atoms with van der Waals surface area (Å²) in [5, 5.41) is 0. The molecule has 0 rings (SSSR count). The van der Waals surface area contributed by atoms with Crippen LogP contribution >= 0.6 is 0 Å². The van der Waals surface area contributed by atoms with Gasteiger partial charge < -0.3 is 4.74 Å². The second-order valence-electron chi connectivity index (χ2n) is 1.93. The predicted molar refractivity (Wildman–Crippen MR) is 35.0 cm³/mol. The molecule has 0 aliphatic rings. The number of hydrogen-bond acceptors (Lipinski definition) is 3. The van der Waals surface area contributed by atoms with Gasteiger partial charge in [-0.1, -0.05) is 6.92 Å². The van der Waals surface area contributed by atoms with Crippen molar-refractivity contribution in [1.29, 1.82) is 0 Å². The molecule has 0 saturated heterocycles. The van der Waals surface area contributed by atoms with Crippen LogP contribution in [0.25, 0.3) is 0 Å². The maximum atomic E-state index is 11.6. The van der Waals surface area contributed by atoms with E-state index in [4.69, 9.17) is 5.73 Å². The molecule has 0 saturated carbocycles. The molecule has 3 nitrogen and oxygen atoms in total. The van der Waals surface area contributed by atoms with Crippen LogP contribution < -0.4 is 5.73 Å². The van der Waals surface area contributed by atoms with Crippen LogP contribution in [0.3, 0.4) is 0 Å². The maximum Gasteiger partial charge on any atom is 0.307 e. The van der Waals surface area contributed by atoms with Crippen molar-refractivity contribution in [3.63, 3.8) is 0 Å². The molecule has 4 heteroatoms. The first-order valence-electron chi connectivity index (χ1n) is 3.21. The van der Waals surface area contributed by atoms with Crippen LogP contribution in [0.1, 0.15) is 19.8 Å². The van der Waals surface area contributed by atoms with Gasteiger partial charge in [-0.2, -0.15) is 0 Å². The Hall–Kier alpha value is -0.640. The molecule has 0 bridgehead atoms. The van der Waals surface area contributed by atoms with Gasteiger partial charge in [0.1, 0.15) is 6.67 Å². The highest BCUT2D eigenvalue weighted by atomic mass is 19.1. The Kier molecular flexibility index (Phi) is 4.84. The van der Waals surface area contributed by atoms with E-state index in [1.165, 1.54) is 0 Å². The molecule has 10 heavy (non-hydrogen) atoms. The maximum absolute atomic E-state index is 11.6. The van der Waals surface area contributed by atoms with Gasteiger partial charge in [-0.25, -0.2) is 4.39 Å². The third-order valence-electron chi connectivity index (χ3n) is 0.889. The van der Waals surface area contributed by atoms with Gasteiger partial charge in [-0.15, -0.1) is 0 Å². The van der Waals surface area contributed by atoms with Gasteiger partial charge in [0.2, 0.25) is 0 Å². The van der Waals surface area contributed by atoms with Crippen molar-refractivity contribution >= 4 is 5.97 Å². The molecule has 2 N–H and O–H groups in total. The van der Waals surface area contributed by atoms with Gasteiger partial charge in [0.15, 0.2) is 6.23 Å². The van der Waals surface area contributed by atoms with Crippen LogP contribution in [0.5, 0.6) is 0 Å². The minimum Gasteiger partial charge on any atom is -0.444 e. The second-order valence-corrected chi connectivity index (χ2v) is 1.93. The molecule has 0 aromatic heterocycles. The molecule has 1 atom stereocenters. The normalized spacial score (nSPS) is 12.7. The zero-order valence-corrected chi connectivity index (χ0v) is 5.97. The van der Waals surface area contributed by atoms with Gasteiger partial charge >= 0.3 is 5.97 Å². The highest BCUT2D eigenvalue weighted by Gasteiger charge is 2.06. The Labute approximate surface area is 59.3 Å². The lowest BCUT2D eigenvalue weighted by molar-refractivity contribution is -0.149. The number of ether oxygens (including phenoxy) is 1. The van der Waals surface area contributed by atoms with E-state index in [0.717, 1.165) is 0 Å². The SMILES string of the molecule is CCCC(=O)OC(N)CF. The molecule has 60 valence electrons. The fourth-order valence-electron chi connectivity index (χ4n) is 0.463. The first-order chi connectivity index (χ1) is 4.70. The molecule has 0 aromatic rings. The van der Waals surface area contributed by atoms with Crippen molar-refractivity contribution in [3.05, 3.63) is 0 Å². The molecular formula is C6H12FNO2. The fourth-order valence-corrected chi connectivity index (χ4v) is 0.463. The van der Waals surface area contributed by atoms with Crippen molar-refractivity contribution in [2.75, 3.05) is 6.67 Å². The molecule has 0 aliphatic carbocycles. The van der Waals surface area contributed by atoms with E-state index in [0.29, 0.717) is 12.8 Å². The number of halogens is 1. The van der Waals surface area contributed by atoms with Crippen LogP contribution in [0.4, 0.5) is 4.39 Å². The lowest BCUT2D eigenvalue weighted by Crippen LogP contribution is -2.28. The van der Waals surface area contributed by atoms with E-state index < -0.39 is 18.9 Å². The average Bonchev–Trinajstić information content (AvgIpc) is 1.88. The first kappa shape index (κ1) is 9.36. The number of carbonyl (C=O) groups excluding carboxylic acids is 1. The Bertz CT molecular complexity index is 108. The minimum absolute atomic E-state index is 0.299. The van der Waals surface area contributed by atoms with Gasteiger partial charge in [0.25, 0.3) is 0 Å². The topological polar surface area (TPSA) is 52.3 Å². The summed E-state index contributed by atoms with van der Waals surface area (Å²) in [7, 11) is 0. The second kappa shape index (κ2) is 5.17. The third-order valence-corrected chi connectivity index (χ3v) is 0.889. The Balaban J connectivity index is 3.37. The molecule has 0 amide bonds. The average molecular weight is 149 g/mol. The van der Waals surface area contributed by atoms with E-state index in [1.807, 2.05) is 6.92 Å². The monoisotopic (exact) mass is 149 g/mol. The van der Waals surface area contributed by atoms with Gasteiger partial charge in [0.05, 0.1) is 0 Å². The van der Waals surface area contributed by atoms with Crippen molar-refractivity contribution < 1.29 is 13.9 Å². The smallest absolute Gasteiger partial charge is 0.307 e. The summed E-state index contributed by atoms with van der Waals surface area (Å²) < 4.78 is 16.0. The van der Waals surface area contributed by atoms with E-state index in [2.05, 4.69) is 4.74 Å². The van der Waals surface area contributed by atoms with E-state index >= 15 is 0 Å². The highest BCUT2D eigenvalue weighted by molar-refractivity contribution is 5.69. The van der Waals surface area contributed by atoms with Crippen LogP contribution in [-0.2, 0) is 9.53 Å². The lowest BCUT2D eigenvalue weighted by atomic mass is 10.3. The third kappa shape index (κ3) is 4.26. The van der Waals surface area contributed by atoms with Gasteiger partial charge in [0, 0.05) is 6.42 Å². The number of hydrogen-bond donors (Lipinski definition) is 1.